The number of benzene rings is 1. The van der Waals surface area contributed by atoms with Gasteiger partial charge in [-0.15, -0.1) is 0 Å². The number of alkyl halides is 3. The standard InChI is InChI=1S/C15H19F3N3O3P/c1-21(8-9-23-2)25(3,22)10-11-4-6-12(7-5-11)13-19-14(24-20-13)15(16,17)18/h4-7H,8-10H2,1-3H3. The van der Waals surface area contributed by atoms with E-state index in [1.807, 2.05) is 0 Å². The smallest absolute Gasteiger partial charge is 0.383 e. The van der Waals surface area contributed by atoms with Crippen LogP contribution in [0.1, 0.15) is 11.5 Å². The number of hydrogen-bond acceptors (Lipinski definition) is 5. The molecule has 0 spiro atoms. The van der Waals surface area contributed by atoms with Gasteiger partial charge >= 0.3 is 12.1 Å². The molecule has 0 bridgehead atoms. The zero-order chi connectivity index (χ0) is 18.7. The minimum atomic E-state index is -4.67. The average Bonchev–Trinajstić information content (AvgIpc) is 3.03. The summed E-state index contributed by atoms with van der Waals surface area (Å²) < 4.78 is 61.2. The molecule has 1 aromatic carbocycles. The second-order valence-electron chi connectivity index (χ2n) is 5.70. The van der Waals surface area contributed by atoms with Crippen molar-refractivity contribution >= 4 is 7.29 Å². The summed E-state index contributed by atoms with van der Waals surface area (Å²) in [4.78, 5) is 3.34. The molecule has 0 radical (unpaired) electrons. The van der Waals surface area contributed by atoms with Crippen molar-refractivity contribution in [2.75, 3.05) is 34.0 Å². The van der Waals surface area contributed by atoms with Crippen LogP contribution in [0.2, 0.25) is 0 Å². The number of methoxy groups -OCH3 is 1. The summed E-state index contributed by atoms with van der Waals surface area (Å²) in [5, 5.41) is 3.34. The van der Waals surface area contributed by atoms with Crippen molar-refractivity contribution in [2.45, 2.75) is 12.3 Å². The third-order valence-electron chi connectivity index (χ3n) is 3.70. The number of ether oxygens (including phenoxy) is 1. The van der Waals surface area contributed by atoms with Crippen molar-refractivity contribution in [1.82, 2.24) is 14.8 Å². The lowest BCUT2D eigenvalue weighted by Crippen LogP contribution is -2.20. The predicted octanol–water partition coefficient (Wildman–Crippen LogP) is 3.74. The molecule has 0 saturated heterocycles. The van der Waals surface area contributed by atoms with Crippen LogP contribution in [0.25, 0.3) is 11.4 Å². The summed E-state index contributed by atoms with van der Waals surface area (Å²) >= 11 is 0. The normalized spacial score (nSPS) is 14.7. The largest absolute Gasteiger partial charge is 0.471 e. The van der Waals surface area contributed by atoms with E-state index < -0.39 is 19.4 Å². The topological polar surface area (TPSA) is 68.5 Å². The molecular formula is C15H19F3N3O3P. The number of nitrogens with zero attached hydrogens (tertiary/aromatic N) is 3. The molecule has 0 amide bonds. The van der Waals surface area contributed by atoms with E-state index in [1.165, 1.54) is 0 Å². The van der Waals surface area contributed by atoms with E-state index >= 15 is 0 Å². The summed E-state index contributed by atoms with van der Waals surface area (Å²) in [5.41, 5.74) is 1.19. The maximum Gasteiger partial charge on any atom is 0.471 e. The molecule has 0 saturated carbocycles. The molecule has 0 aliphatic carbocycles. The molecule has 0 aliphatic rings. The summed E-state index contributed by atoms with van der Waals surface area (Å²) in [6.07, 6.45) is -4.33. The lowest BCUT2D eigenvalue weighted by atomic mass is 10.1. The molecule has 1 aromatic heterocycles. The molecule has 1 unspecified atom stereocenters. The Hall–Kier alpha value is -1.70. The van der Waals surface area contributed by atoms with Gasteiger partial charge in [0.2, 0.25) is 5.82 Å². The minimum absolute atomic E-state index is 0.143. The van der Waals surface area contributed by atoms with Gasteiger partial charge in [0.15, 0.2) is 7.29 Å². The van der Waals surface area contributed by atoms with Gasteiger partial charge in [0.25, 0.3) is 0 Å². The lowest BCUT2D eigenvalue weighted by molar-refractivity contribution is -0.159. The van der Waals surface area contributed by atoms with Crippen LogP contribution in [-0.4, -0.2) is 48.8 Å². The summed E-state index contributed by atoms with van der Waals surface area (Å²) in [6.45, 7) is 2.71. The number of likely N-dealkylation sites (N-methyl/N-ethyl adjacent to an activating group) is 1. The molecule has 2 aromatic rings. The summed E-state index contributed by atoms with van der Waals surface area (Å²) in [6, 6.07) is 6.55. The summed E-state index contributed by atoms with van der Waals surface area (Å²) in [5.74, 6) is -1.53. The van der Waals surface area contributed by atoms with Crippen molar-refractivity contribution in [3.8, 4) is 11.4 Å². The first-order valence-electron chi connectivity index (χ1n) is 7.41. The van der Waals surface area contributed by atoms with Crippen LogP contribution in [-0.2, 0) is 21.6 Å². The Bertz CT molecular complexity index is 746. The Morgan fingerprint density at radius 2 is 1.92 bits per heavy atom. The van der Waals surface area contributed by atoms with Crippen LogP contribution in [0.4, 0.5) is 13.2 Å². The van der Waals surface area contributed by atoms with Gasteiger partial charge in [-0.1, -0.05) is 29.4 Å². The molecule has 138 valence electrons. The van der Waals surface area contributed by atoms with Crippen LogP contribution in [0.15, 0.2) is 28.8 Å². The lowest BCUT2D eigenvalue weighted by Gasteiger charge is -2.24. The minimum Gasteiger partial charge on any atom is -0.383 e. The van der Waals surface area contributed by atoms with Crippen molar-refractivity contribution in [3.05, 3.63) is 35.7 Å². The van der Waals surface area contributed by atoms with Gasteiger partial charge in [0.1, 0.15) is 0 Å². The maximum absolute atomic E-state index is 12.8. The monoisotopic (exact) mass is 377 g/mol. The number of hydrogen-bond donors (Lipinski definition) is 0. The first kappa shape index (κ1) is 19.6. The fraction of sp³-hybridized carbons (Fsp3) is 0.467. The molecular weight excluding hydrogens is 358 g/mol. The second-order valence-corrected chi connectivity index (χ2v) is 8.80. The van der Waals surface area contributed by atoms with E-state index in [4.69, 9.17) is 4.74 Å². The highest BCUT2D eigenvalue weighted by molar-refractivity contribution is 7.59. The number of halogens is 3. The Labute approximate surface area is 143 Å². The Morgan fingerprint density at radius 3 is 2.44 bits per heavy atom. The highest BCUT2D eigenvalue weighted by Gasteiger charge is 2.38. The average molecular weight is 377 g/mol. The van der Waals surface area contributed by atoms with Crippen LogP contribution >= 0.6 is 7.29 Å². The third-order valence-corrected chi connectivity index (χ3v) is 6.29. The molecule has 0 fully saturated rings. The molecule has 1 heterocycles. The Kier molecular flexibility index (Phi) is 6.03. The van der Waals surface area contributed by atoms with Gasteiger partial charge in [0.05, 0.1) is 6.61 Å². The van der Waals surface area contributed by atoms with Crippen LogP contribution in [0, 0.1) is 0 Å². The zero-order valence-corrected chi connectivity index (χ0v) is 15.0. The van der Waals surface area contributed by atoms with Crippen LogP contribution in [0.3, 0.4) is 0 Å². The highest BCUT2D eigenvalue weighted by Crippen LogP contribution is 2.47. The second kappa shape index (κ2) is 7.68. The number of aromatic nitrogens is 2. The van der Waals surface area contributed by atoms with E-state index in [-0.39, 0.29) is 5.82 Å². The van der Waals surface area contributed by atoms with Crippen LogP contribution in [0.5, 0.6) is 0 Å². The van der Waals surface area contributed by atoms with E-state index in [0.29, 0.717) is 24.9 Å². The molecule has 6 nitrogen and oxygen atoms in total. The molecule has 0 aliphatic heterocycles. The molecule has 25 heavy (non-hydrogen) atoms. The van der Waals surface area contributed by atoms with Crippen molar-refractivity contribution in [2.24, 2.45) is 0 Å². The van der Waals surface area contributed by atoms with Crippen molar-refractivity contribution in [1.29, 1.82) is 0 Å². The van der Waals surface area contributed by atoms with Crippen molar-refractivity contribution in [3.63, 3.8) is 0 Å². The molecule has 1 atom stereocenters. The molecule has 10 heteroatoms. The SMILES string of the molecule is COCCN(C)P(C)(=O)Cc1ccc(-c2noc(C(F)(F)F)n2)cc1. The van der Waals surface area contributed by atoms with Gasteiger partial charge in [-0.05, 0) is 12.6 Å². The molecule has 2 rings (SSSR count). The first-order valence-corrected chi connectivity index (χ1v) is 9.70. The molecule has 0 N–H and O–H groups in total. The summed E-state index contributed by atoms with van der Waals surface area (Å²) in [7, 11) is 0.763. The van der Waals surface area contributed by atoms with Crippen LogP contribution < -0.4 is 0 Å². The van der Waals surface area contributed by atoms with Crippen molar-refractivity contribution < 1.29 is 27.0 Å². The quantitative estimate of drug-likeness (QED) is 0.685. The Morgan fingerprint density at radius 1 is 1.28 bits per heavy atom. The van der Waals surface area contributed by atoms with Gasteiger partial charge in [0, 0.05) is 32.0 Å². The first-order chi connectivity index (χ1) is 11.6. The third kappa shape index (κ3) is 5.14. The van der Waals surface area contributed by atoms with E-state index in [2.05, 4.69) is 14.7 Å². The van der Waals surface area contributed by atoms with Gasteiger partial charge < -0.3 is 13.8 Å². The fourth-order valence-electron chi connectivity index (χ4n) is 2.11. The number of rotatable bonds is 7. The highest BCUT2D eigenvalue weighted by atomic mass is 31.2. The van der Waals surface area contributed by atoms with Gasteiger partial charge in [-0.25, -0.2) is 0 Å². The van der Waals surface area contributed by atoms with Gasteiger partial charge in [-0.3, -0.25) is 4.67 Å². The zero-order valence-electron chi connectivity index (χ0n) is 14.1. The fourth-order valence-corrected chi connectivity index (χ4v) is 3.74. The van der Waals surface area contributed by atoms with E-state index in [9.17, 15) is 17.7 Å². The van der Waals surface area contributed by atoms with E-state index in [1.54, 1.807) is 49.8 Å². The van der Waals surface area contributed by atoms with Gasteiger partial charge in [-0.2, -0.15) is 18.2 Å². The Balaban J connectivity index is 2.09. The predicted molar refractivity (Wildman–Crippen MR) is 86.5 cm³/mol. The van der Waals surface area contributed by atoms with E-state index in [0.717, 1.165) is 5.56 Å². The maximum atomic E-state index is 12.8.